The summed E-state index contributed by atoms with van der Waals surface area (Å²) < 4.78 is 0. The van der Waals surface area contributed by atoms with Crippen LogP contribution in [0.1, 0.15) is 45.6 Å². The van der Waals surface area contributed by atoms with Gasteiger partial charge in [-0.05, 0) is 36.2 Å². The van der Waals surface area contributed by atoms with Gasteiger partial charge in [0.15, 0.2) is 0 Å². The van der Waals surface area contributed by atoms with E-state index in [1.54, 1.807) is 0 Å². The molecule has 2 rings (SSSR count). The largest absolute Gasteiger partial charge is 0.390 e. The fraction of sp³-hybridized carbons (Fsp3) is 0.625. The third kappa shape index (κ3) is 2.45. The van der Waals surface area contributed by atoms with Crippen LogP contribution in [0.5, 0.6) is 0 Å². The van der Waals surface area contributed by atoms with Crippen LogP contribution in [0.25, 0.3) is 0 Å². The van der Waals surface area contributed by atoms with Crippen molar-refractivity contribution in [1.29, 1.82) is 0 Å². The molecular formula is C16H24O2. The third-order valence-corrected chi connectivity index (χ3v) is 4.43. The first-order chi connectivity index (χ1) is 8.34. The van der Waals surface area contributed by atoms with Gasteiger partial charge in [0.05, 0.1) is 6.10 Å². The van der Waals surface area contributed by atoms with Gasteiger partial charge >= 0.3 is 0 Å². The van der Waals surface area contributed by atoms with Gasteiger partial charge in [-0.1, -0.05) is 51.1 Å². The highest BCUT2D eigenvalue weighted by Crippen LogP contribution is 2.45. The van der Waals surface area contributed by atoms with E-state index in [1.165, 1.54) is 0 Å². The molecule has 1 aliphatic rings. The van der Waals surface area contributed by atoms with E-state index in [9.17, 15) is 10.2 Å². The van der Waals surface area contributed by atoms with Gasteiger partial charge in [0.2, 0.25) is 0 Å². The highest BCUT2D eigenvalue weighted by molar-refractivity contribution is 5.24. The molecule has 0 radical (unpaired) electrons. The summed E-state index contributed by atoms with van der Waals surface area (Å²) in [6.07, 6.45) is 1.61. The van der Waals surface area contributed by atoms with Crippen molar-refractivity contribution in [3.63, 3.8) is 0 Å². The molecule has 1 unspecified atom stereocenters. The summed E-state index contributed by atoms with van der Waals surface area (Å²) in [6.45, 7) is 6.62. The van der Waals surface area contributed by atoms with E-state index in [1.807, 2.05) is 30.3 Å². The molecule has 0 aliphatic heterocycles. The molecule has 0 saturated heterocycles. The lowest BCUT2D eigenvalue weighted by Gasteiger charge is -2.44. The van der Waals surface area contributed by atoms with E-state index in [-0.39, 0.29) is 5.41 Å². The molecule has 18 heavy (non-hydrogen) atoms. The molecule has 0 spiro atoms. The van der Waals surface area contributed by atoms with Gasteiger partial charge in [-0.3, -0.25) is 0 Å². The predicted octanol–water partition coefficient (Wildman–Crippen LogP) is 3.08. The average molecular weight is 248 g/mol. The van der Waals surface area contributed by atoms with E-state index in [0.717, 1.165) is 12.0 Å². The highest BCUT2D eigenvalue weighted by atomic mass is 16.3. The second-order valence-electron chi connectivity index (χ2n) is 6.64. The monoisotopic (exact) mass is 248 g/mol. The Morgan fingerprint density at radius 2 is 1.78 bits per heavy atom. The molecule has 2 heteroatoms. The van der Waals surface area contributed by atoms with Crippen molar-refractivity contribution in [3.05, 3.63) is 35.9 Å². The number of benzene rings is 1. The number of rotatable bonds is 1. The Labute approximate surface area is 110 Å². The van der Waals surface area contributed by atoms with E-state index in [2.05, 4.69) is 20.8 Å². The van der Waals surface area contributed by atoms with Gasteiger partial charge in [0.25, 0.3) is 0 Å². The smallest absolute Gasteiger partial charge is 0.115 e. The van der Waals surface area contributed by atoms with Crippen molar-refractivity contribution in [3.8, 4) is 0 Å². The number of hydrogen-bond donors (Lipinski definition) is 2. The Morgan fingerprint density at radius 3 is 2.28 bits per heavy atom. The minimum atomic E-state index is -1.07. The summed E-state index contributed by atoms with van der Waals surface area (Å²) in [4.78, 5) is 0. The molecule has 3 atom stereocenters. The first-order valence-corrected chi connectivity index (χ1v) is 6.80. The lowest BCUT2D eigenvalue weighted by Crippen LogP contribution is -2.46. The van der Waals surface area contributed by atoms with Gasteiger partial charge in [-0.15, -0.1) is 0 Å². The maximum absolute atomic E-state index is 10.7. The molecule has 0 amide bonds. The Balaban J connectivity index is 2.19. The van der Waals surface area contributed by atoms with Crippen LogP contribution in [-0.2, 0) is 5.60 Å². The van der Waals surface area contributed by atoms with Crippen LogP contribution in [0, 0.1) is 11.3 Å². The molecule has 2 N–H and O–H groups in total. The lowest BCUT2D eigenvalue weighted by molar-refractivity contribution is -0.128. The van der Waals surface area contributed by atoms with Crippen molar-refractivity contribution in [2.45, 2.75) is 51.7 Å². The molecule has 2 nitrogen and oxygen atoms in total. The van der Waals surface area contributed by atoms with Gasteiger partial charge in [-0.25, -0.2) is 0 Å². The van der Waals surface area contributed by atoms with E-state index in [0.29, 0.717) is 18.8 Å². The summed E-state index contributed by atoms with van der Waals surface area (Å²) in [5, 5.41) is 21.1. The third-order valence-electron chi connectivity index (χ3n) is 4.43. The molecule has 1 saturated carbocycles. The summed E-state index contributed by atoms with van der Waals surface area (Å²) >= 11 is 0. The zero-order valence-electron chi connectivity index (χ0n) is 11.6. The molecule has 0 bridgehead atoms. The Morgan fingerprint density at radius 1 is 1.17 bits per heavy atom. The van der Waals surface area contributed by atoms with Gasteiger partial charge in [0.1, 0.15) is 5.60 Å². The second kappa shape index (κ2) is 4.67. The molecular weight excluding hydrogens is 224 g/mol. The van der Waals surface area contributed by atoms with Crippen LogP contribution in [0.15, 0.2) is 30.3 Å². The zero-order chi connectivity index (χ0) is 13.4. The van der Waals surface area contributed by atoms with Crippen LogP contribution in [-0.4, -0.2) is 16.3 Å². The van der Waals surface area contributed by atoms with E-state index in [4.69, 9.17) is 0 Å². The lowest BCUT2D eigenvalue weighted by atomic mass is 9.65. The average Bonchev–Trinajstić information content (AvgIpc) is 2.32. The topological polar surface area (TPSA) is 40.5 Å². The van der Waals surface area contributed by atoms with Crippen LogP contribution >= 0.6 is 0 Å². The molecule has 1 aromatic rings. The Kier molecular flexibility index (Phi) is 3.52. The van der Waals surface area contributed by atoms with Crippen molar-refractivity contribution < 1.29 is 10.2 Å². The van der Waals surface area contributed by atoms with Crippen molar-refractivity contribution in [1.82, 2.24) is 0 Å². The molecule has 0 aromatic heterocycles. The summed E-state index contributed by atoms with van der Waals surface area (Å²) in [7, 11) is 0. The SMILES string of the molecule is CC(C)(C)[C@H]1CCC(O)(c2ccccc2)[C@@H](O)C1. The number of aliphatic hydroxyl groups is 2. The standard InChI is InChI=1S/C16H24O2/c1-15(2,3)13-9-10-16(18,14(17)11-13)12-7-5-4-6-8-12/h4-8,13-14,17-18H,9-11H2,1-3H3/t13-,14-,16?/m0/s1. The van der Waals surface area contributed by atoms with Crippen LogP contribution in [0.2, 0.25) is 0 Å². The van der Waals surface area contributed by atoms with Crippen LogP contribution in [0.4, 0.5) is 0 Å². The maximum atomic E-state index is 10.7. The van der Waals surface area contributed by atoms with E-state index >= 15 is 0 Å². The number of hydrogen-bond acceptors (Lipinski definition) is 2. The van der Waals surface area contributed by atoms with E-state index < -0.39 is 11.7 Å². The highest BCUT2D eigenvalue weighted by Gasteiger charge is 2.44. The minimum absolute atomic E-state index is 0.193. The summed E-state index contributed by atoms with van der Waals surface area (Å²) in [5.74, 6) is 0.469. The maximum Gasteiger partial charge on any atom is 0.115 e. The quantitative estimate of drug-likeness (QED) is 0.802. The minimum Gasteiger partial charge on any atom is -0.390 e. The van der Waals surface area contributed by atoms with Crippen LogP contribution in [0.3, 0.4) is 0 Å². The fourth-order valence-electron chi connectivity index (χ4n) is 2.99. The summed E-state index contributed by atoms with van der Waals surface area (Å²) in [5.41, 5.74) is -0.0352. The second-order valence-corrected chi connectivity index (χ2v) is 6.64. The molecule has 1 aromatic carbocycles. The Hall–Kier alpha value is -0.860. The number of aliphatic hydroxyl groups excluding tert-OH is 1. The first kappa shape index (κ1) is 13.6. The van der Waals surface area contributed by atoms with Crippen LogP contribution < -0.4 is 0 Å². The molecule has 1 aliphatic carbocycles. The van der Waals surface area contributed by atoms with Gasteiger partial charge in [-0.2, -0.15) is 0 Å². The molecule has 1 fully saturated rings. The molecule has 0 heterocycles. The van der Waals surface area contributed by atoms with Gasteiger partial charge < -0.3 is 10.2 Å². The Bertz CT molecular complexity index is 393. The summed E-state index contributed by atoms with van der Waals surface area (Å²) in [6, 6.07) is 9.56. The fourth-order valence-corrected chi connectivity index (χ4v) is 2.99. The van der Waals surface area contributed by atoms with Gasteiger partial charge in [0, 0.05) is 0 Å². The normalized spacial score (nSPS) is 33.4. The van der Waals surface area contributed by atoms with Crippen molar-refractivity contribution >= 4 is 0 Å². The first-order valence-electron chi connectivity index (χ1n) is 6.80. The molecule has 100 valence electrons. The zero-order valence-corrected chi connectivity index (χ0v) is 11.6. The predicted molar refractivity (Wildman–Crippen MR) is 73.1 cm³/mol. The van der Waals surface area contributed by atoms with Crippen molar-refractivity contribution in [2.75, 3.05) is 0 Å². The van der Waals surface area contributed by atoms with Crippen molar-refractivity contribution in [2.24, 2.45) is 11.3 Å².